The summed E-state index contributed by atoms with van der Waals surface area (Å²) in [6.07, 6.45) is 0.443. The summed E-state index contributed by atoms with van der Waals surface area (Å²) in [4.78, 5) is 25.0. The molecular formula is C16H21FN2O3S. The zero-order valence-corrected chi connectivity index (χ0v) is 14.2. The summed E-state index contributed by atoms with van der Waals surface area (Å²) in [5.74, 6) is -1.80. The molecule has 5 nitrogen and oxygen atoms in total. The fraction of sp³-hybridized carbons (Fsp3) is 0.500. The number of halogens is 1. The maximum Gasteiger partial charge on any atom is 0.321 e. The highest BCUT2D eigenvalue weighted by atomic mass is 32.2. The van der Waals surface area contributed by atoms with Crippen molar-refractivity contribution in [1.82, 2.24) is 4.90 Å². The first-order valence-corrected chi connectivity index (χ1v) is 8.24. The second-order valence-electron chi connectivity index (χ2n) is 6.56. The van der Waals surface area contributed by atoms with Gasteiger partial charge in [0.05, 0.1) is 5.92 Å². The second kappa shape index (κ2) is 6.78. The minimum absolute atomic E-state index is 0.104. The molecule has 2 N–H and O–H groups in total. The summed E-state index contributed by atoms with van der Waals surface area (Å²) in [6.45, 7) is 6.57. The molecule has 1 aromatic carbocycles. The van der Waals surface area contributed by atoms with Gasteiger partial charge in [0.15, 0.2) is 0 Å². The highest BCUT2D eigenvalue weighted by Crippen LogP contribution is 2.34. The van der Waals surface area contributed by atoms with Crippen molar-refractivity contribution < 1.29 is 19.1 Å². The van der Waals surface area contributed by atoms with E-state index in [-0.39, 0.29) is 17.1 Å². The second-order valence-corrected chi connectivity index (χ2v) is 8.43. The van der Waals surface area contributed by atoms with E-state index in [1.807, 2.05) is 20.8 Å². The van der Waals surface area contributed by atoms with Crippen LogP contribution in [0.15, 0.2) is 23.1 Å². The van der Waals surface area contributed by atoms with Crippen molar-refractivity contribution in [3.05, 3.63) is 24.0 Å². The number of carbonyl (C=O) groups is 2. The van der Waals surface area contributed by atoms with E-state index < -0.39 is 17.9 Å². The van der Waals surface area contributed by atoms with Gasteiger partial charge in [-0.15, -0.1) is 11.8 Å². The third-order valence-electron chi connectivity index (χ3n) is 3.42. The number of carbonyl (C=O) groups excluding carboxylic acids is 1. The number of carboxylic acids is 1. The SMILES string of the molecule is CC(C)(C)Sc1ccc(NC(=O)N2CCC(C(=O)O)C2)cc1F. The number of carboxylic acid groups (broad SMARTS) is 1. The van der Waals surface area contributed by atoms with E-state index in [4.69, 9.17) is 5.11 Å². The molecule has 7 heteroatoms. The highest BCUT2D eigenvalue weighted by Gasteiger charge is 2.30. The molecule has 1 aromatic rings. The lowest BCUT2D eigenvalue weighted by atomic mass is 10.1. The van der Waals surface area contributed by atoms with Crippen molar-refractivity contribution in [1.29, 1.82) is 0 Å². The smallest absolute Gasteiger partial charge is 0.321 e. The van der Waals surface area contributed by atoms with Crippen LogP contribution < -0.4 is 5.32 Å². The van der Waals surface area contributed by atoms with Crippen LogP contribution in [0, 0.1) is 11.7 Å². The molecule has 0 bridgehead atoms. The van der Waals surface area contributed by atoms with Crippen molar-refractivity contribution in [3.8, 4) is 0 Å². The van der Waals surface area contributed by atoms with E-state index in [1.165, 1.54) is 22.7 Å². The molecule has 1 aliphatic heterocycles. The first-order valence-electron chi connectivity index (χ1n) is 7.43. The molecule has 0 aromatic heterocycles. The van der Waals surface area contributed by atoms with E-state index >= 15 is 0 Å². The molecule has 0 saturated carbocycles. The molecule has 2 rings (SSSR count). The Labute approximate surface area is 139 Å². The van der Waals surface area contributed by atoms with Gasteiger partial charge in [-0.3, -0.25) is 4.79 Å². The first kappa shape index (κ1) is 17.6. The number of anilines is 1. The number of benzene rings is 1. The van der Waals surface area contributed by atoms with Crippen LogP contribution in [0.5, 0.6) is 0 Å². The van der Waals surface area contributed by atoms with E-state index in [1.54, 1.807) is 12.1 Å². The number of nitrogens with one attached hydrogen (secondary N) is 1. The van der Waals surface area contributed by atoms with Crippen molar-refractivity contribution in [2.75, 3.05) is 18.4 Å². The van der Waals surface area contributed by atoms with Crippen LogP contribution in [0.2, 0.25) is 0 Å². The third-order valence-corrected chi connectivity index (χ3v) is 4.59. The Morgan fingerprint density at radius 1 is 1.39 bits per heavy atom. The van der Waals surface area contributed by atoms with E-state index in [9.17, 15) is 14.0 Å². The van der Waals surface area contributed by atoms with Crippen LogP contribution in [0.1, 0.15) is 27.2 Å². The lowest BCUT2D eigenvalue weighted by Gasteiger charge is -2.19. The van der Waals surface area contributed by atoms with Gasteiger partial charge in [-0.2, -0.15) is 0 Å². The lowest BCUT2D eigenvalue weighted by Crippen LogP contribution is -2.33. The Morgan fingerprint density at radius 2 is 2.09 bits per heavy atom. The molecule has 0 radical (unpaired) electrons. The Morgan fingerprint density at radius 3 is 2.61 bits per heavy atom. The zero-order chi connectivity index (χ0) is 17.2. The average Bonchev–Trinajstić information content (AvgIpc) is 2.90. The van der Waals surface area contributed by atoms with Crippen molar-refractivity contribution in [3.63, 3.8) is 0 Å². The van der Waals surface area contributed by atoms with Crippen molar-refractivity contribution >= 4 is 29.4 Å². The normalized spacial score (nSPS) is 18.1. The summed E-state index contributed by atoms with van der Waals surface area (Å²) in [5, 5.41) is 11.6. The molecule has 1 unspecified atom stereocenters. The molecule has 126 valence electrons. The molecular weight excluding hydrogens is 319 g/mol. The molecule has 1 aliphatic rings. The number of rotatable bonds is 3. The van der Waals surface area contributed by atoms with Crippen molar-refractivity contribution in [2.45, 2.75) is 36.8 Å². The van der Waals surface area contributed by atoms with Gasteiger partial charge in [-0.25, -0.2) is 9.18 Å². The lowest BCUT2D eigenvalue weighted by molar-refractivity contribution is -0.141. The quantitative estimate of drug-likeness (QED) is 0.824. The zero-order valence-electron chi connectivity index (χ0n) is 13.4. The monoisotopic (exact) mass is 340 g/mol. The maximum absolute atomic E-state index is 14.1. The van der Waals surface area contributed by atoms with E-state index in [0.29, 0.717) is 23.5 Å². The Kier molecular flexibility index (Phi) is 5.19. The summed E-state index contributed by atoms with van der Waals surface area (Å²) >= 11 is 1.42. The van der Waals surface area contributed by atoms with Crippen LogP contribution in [-0.4, -0.2) is 39.8 Å². The number of hydrogen-bond acceptors (Lipinski definition) is 3. The topological polar surface area (TPSA) is 69.6 Å². The molecule has 0 aliphatic carbocycles. The third kappa shape index (κ3) is 4.86. The fourth-order valence-electron chi connectivity index (χ4n) is 2.34. The number of nitrogens with zero attached hydrogens (tertiary/aromatic N) is 1. The molecule has 23 heavy (non-hydrogen) atoms. The molecule has 1 heterocycles. The summed E-state index contributed by atoms with van der Waals surface area (Å²) < 4.78 is 14.0. The van der Waals surface area contributed by atoms with Gasteiger partial charge in [0.1, 0.15) is 5.82 Å². The number of hydrogen-bond donors (Lipinski definition) is 2. The average molecular weight is 340 g/mol. The van der Waals surface area contributed by atoms with Crippen LogP contribution >= 0.6 is 11.8 Å². The number of thioether (sulfide) groups is 1. The highest BCUT2D eigenvalue weighted by molar-refractivity contribution is 8.00. The number of amides is 2. The number of urea groups is 1. The minimum atomic E-state index is -0.894. The minimum Gasteiger partial charge on any atom is -0.481 e. The molecule has 0 spiro atoms. The van der Waals surface area contributed by atoms with E-state index in [2.05, 4.69) is 5.32 Å². The predicted octanol–water partition coefficient (Wildman–Crippen LogP) is 3.65. The molecule has 1 atom stereocenters. The fourth-order valence-corrected chi connectivity index (χ4v) is 3.29. The number of aliphatic carboxylic acids is 1. The standard InChI is InChI=1S/C16H21FN2O3S/c1-16(2,3)23-13-5-4-11(8-12(13)17)18-15(22)19-7-6-10(9-19)14(20)21/h4-5,8,10H,6-7,9H2,1-3H3,(H,18,22)(H,20,21). The maximum atomic E-state index is 14.1. The first-order chi connectivity index (χ1) is 10.7. The Hall–Kier alpha value is -1.76. The Bertz CT molecular complexity index is 616. The molecule has 2 amide bonds. The summed E-state index contributed by atoms with van der Waals surface area (Å²) in [7, 11) is 0. The van der Waals surface area contributed by atoms with Gasteiger partial charge in [0, 0.05) is 28.4 Å². The molecule has 1 saturated heterocycles. The van der Waals surface area contributed by atoms with Crippen LogP contribution in [-0.2, 0) is 4.79 Å². The van der Waals surface area contributed by atoms with Gasteiger partial charge < -0.3 is 15.3 Å². The van der Waals surface area contributed by atoms with Gasteiger partial charge in [0.2, 0.25) is 0 Å². The van der Waals surface area contributed by atoms with Gasteiger partial charge >= 0.3 is 12.0 Å². The largest absolute Gasteiger partial charge is 0.481 e. The molecule has 1 fully saturated rings. The Balaban J connectivity index is 1.99. The van der Waals surface area contributed by atoms with E-state index in [0.717, 1.165) is 0 Å². The van der Waals surface area contributed by atoms with Gasteiger partial charge in [-0.1, -0.05) is 20.8 Å². The summed E-state index contributed by atoms with van der Waals surface area (Å²) in [5.41, 5.74) is 0.365. The predicted molar refractivity (Wildman–Crippen MR) is 88.3 cm³/mol. The van der Waals surface area contributed by atoms with Crippen molar-refractivity contribution in [2.24, 2.45) is 5.92 Å². The number of likely N-dealkylation sites (tertiary alicyclic amines) is 1. The summed E-state index contributed by atoms with van der Waals surface area (Å²) in [6, 6.07) is 4.19. The van der Waals surface area contributed by atoms with Crippen LogP contribution in [0.25, 0.3) is 0 Å². The van der Waals surface area contributed by atoms with Gasteiger partial charge in [0.25, 0.3) is 0 Å². The van der Waals surface area contributed by atoms with Crippen LogP contribution in [0.4, 0.5) is 14.9 Å². The van der Waals surface area contributed by atoms with Crippen LogP contribution in [0.3, 0.4) is 0 Å². The van der Waals surface area contributed by atoms with Gasteiger partial charge in [-0.05, 0) is 24.6 Å².